The van der Waals surface area contributed by atoms with Crippen molar-refractivity contribution >= 4 is 52.1 Å². The maximum atomic E-state index is 14.1. The van der Waals surface area contributed by atoms with Crippen molar-refractivity contribution in [2.75, 3.05) is 51.2 Å². The van der Waals surface area contributed by atoms with Crippen molar-refractivity contribution < 1.29 is 23.9 Å². The van der Waals surface area contributed by atoms with Crippen molar-refractivity contribution in [2.24, 2.45) is 7.05 Å². The van der Waals surface area contributed by atoms with Gasteiger partial charge >= 0.3 is 0 Å². The van der Waals surface area contributed by atoms with E-state index < -0.39 is 6.04 Å². The number of carbonyl (C=O) groups excluding carboxylic acids is 4. The van der Waals surface area contributed by atoms with Crippen LogP contribution in [0, 0.1) is 6.92 Å². The Morgan fingerprint density at radius 2 is 1.73 bits per heavy atom. The average Bonchev–Trinajstić information content (AvgIpc) is 3.78. The molecule has 3 saturated heterocycles. The minimum atomic E-state index is -0.469. The van der Waals surface area contributed by atoms with Crippen LogP contribution in [-0.2, 0) is 21.4 Å². The zero-order chi connectivity index (χ0) is 39.2. The molecule has 0 spiro atoms. The molecular formula is C40H43ClN10O5. The molecule has 2 aromatic carbocycles. The van der Waals surface area contributed by atoms with Gasteiger partial charge in [-0.3, -0.25) is 34.1 Å². The molecule has 15 nitrogen and oxygen atoms in total. The molecular weight excluding hydrogens is 736 g/mol. The summed E-state index contributed by atoms with van der Waals surface area (Å²) in [6.45, 7) is 7.16. The van der Waals surface area contributed by atoms with Crippen LogP contribution >= 0.6 is 11.6 Å². The second-order valence-corrected chi connectivity index (χ2v) is 15.2. The van der Waals surface area contributed by atoms with Crippen LogP contribution in [-0.4, -0.2) is 121 Å². The Bertz CT molecular complexity index is 2320. The molecule has 5 aromatic rings. The highest BCUT2D eigenvalue weighted by Gasteiger charge is 2.38. The fourth-order valence-corrected chi connectivity index (χ4v) is 8.08. The van der Waals surface area contributed by atoms with Gasteiger partial charge in [0.15, 0.2) is 11.4 Å². The van der Waals surface area contributed by atoms with E-state index in [9.17, 15) is 19.2 Å². The number of pyridine rings is 1. The van der Waals surface area contributed by atoms with E-state index in [1.807, 2.05) is 68.2 Å². The molecule has 4 amide bonds. The first-order valence-corrected chi connectivity index (χ1v) is 19.1. The van der Waals surface area contributed by atoms with Gasteiger partial charge in [-0.15, -0.1) is 0 Å². The Balaban J connectivity index is 0.895. The second-order valence-electron chi connectivity index (χ2n) is 14.8. The predicted molar refractivity (Wildman–Crippen MR) is 210 cm³/mol. The van der Waals surface area contributed by atoms with E-state index in [0.717, 1.165) is 22.5 Å². The van der Waals surface area contributed by atoms with Crippen LogP contribution in [0.5, 0.6) is 11.5 Å². The number of rotatable bonds is 7. The summed E-state index contributed by atoms with van der Waals surface area (Å²) in [6, 6.07) is 14.3. The molecule has 3 aromatic heterocycles. The van der Waals surface area contributed by atoms with E-state index in [2.05, 4.69) is 30.3 Å². The number of H-pyrrole nitrogens is 1. The van der Waals surface area contributed by atoms with Crippen LogP contribution in [0.4, 0.5) is 5.69 Å². The molecule has 0 bridgehead atoms. The molecule has 3 aliphatic heterocycles. The molecule has 0 aliphatic carbocycles. The molecule has 0 saturated carbocycles. The highest BCUT2D eigenvalue weighted by molar-refractivity contribution is 6.32. The summed E-state index contributed by atoms with van der Waals surface area (Å²) < 4.78 is 7.95. The number of imidazole rings is 1. The van der Waals surface area contributed by atoms with Crippen LogP contribution in [0.3, 0.4) is 0 Å². The lowest BCUT2D eigenvalue weighted by molar-refractivity contribution is -0.141. The van der Waals surface area contributed by atoms with Gasteiger partial charge in [-0.05, 0) is 69.3 Å². The quantitative estimate of drug-likeness (QED) is 0.230. The topological polar surface area (TPSA) is 162 Å². The van der Waals surface area contributed by atoms with Gasteiger partial charge in [-0.25, -0.2) is 9.97 Å². The van der Waals surface area contributed by atoms with E-state index in [1.165, 1.54) is 6.20 Å². The third-order valence-corrected chi connectivity index (χ3v) is 11.3. The number of amides is 4. The molecule has 3 aliphatic rings. The first kappa shape index (κ1) is 37.1. The van der Waals surface area contributed by atoms with Crippen molar-refractivity contribution in [2.45, 2.75) is 44.7 Å². The molecule has 1 unspecified atom stereocenters. The number of halogens is 1. The maximum absolute atomic E-state index is 14.1. The van der Waals surface area contributed by atoms with Crippen LogP contribution in [0.2, 0.25) is 5.02 Å². The summed E-state index contributed by atoms with van der Waals surface area (Å²) in [5, 5.41) is 7.14. The Kier molecular flexibility index (Phi) is 9.97. The molecule has 0 radical (unpaired) electrons. The van der Waals surface area contributed by atoms with Crippen molar-refractivity contribution in [3.8, 4) is 22.9 Å². The van der Waals surface area contributed by atoms with Crippen LogP contribution in [0.15, 0.2) is 60.9 Å². The highest BCUT2D eigenvalue weighted by atomic mass is 35.5. The minimum Gasteiger partial charge on any atom is -0.453 e. The van der Waals surface area contributed by atoms with Gasteiger partial charge in [0.2, 0.25) is 17.7 Å². The van der Waals surface area contributed by atoms with Gasteiger partial charge in [0.25, 0.3) is 5.91 Å². The van der Waals surface area contributed by atoms with Gasteiger partial charge < -0.3 is 24.4 Å². The van der Waals surface area contributed by atoms with E-state index in [1.54, 1.807) is 33.8 Å². The van der Waals surface area contributed by atoms with Crippen molar-refractivity contribution in [1.82, 2.24) is 44.7 Å². The Morgan fingerprint density at radius 1 is 0.964 bits per heavy atom. The zero-order valence-corrected chi connectivity index (χ0v) is 32.4. The summed E-state index contributed by atoms with van der Waals surface area (Å²) in [5.74, 6) is 0.501. The number of piperidine rings is 1. The molecule has 8 rings (SSSR count). The van der Waals surface area contributed by atoms with E-state index in [0.29, 0.717) is 84.6 Å². The van der Waals surface area contributed by atoms with Gasteiger partial charge in [0.05, 0.1) is 23.4 Å². The molecule has 3 fully saturated rings. The number of imide groups is 1. The Morgan fingerprint density at radius 3 is 2.43 bits per heavy atom. The van der Waals surface area contributed by atoms with Gasteiger partial charge in [-0.1, -0.05) is 23.7 Å². The number of fused-ring (bicyclic) bond motifs is 1. The molecule has 3 atom stereocenters. The van der Waals surface area contributed by atoms with Crippen molar-refractivity contribution in [1.29, 1.82) is 0 Å². The number of anilines is 1. The molecule has 6 heterocycles. The van der Waals surface area contributed by atoms with E-state index in [-0.39, 0.29) is 42.1 Å². The smallest absolute Gasteiger partial charge is 0.253 e. The molecule has 16 heteroatoms. The number of nitrogens with zero attached hydrogens (tertiary/aromatic N) is 8. The van der Waals surface area contributed by atoms with Crippen LogP contribution < -0.4 is 15.0 Å². The zero-order valence-electron chi connectivity index (χ0n) is 31.7. The summed E-state index contributed by atoms with van der Waals surface area (Å²) in [4.78, 5) is 72.0. The summed E-state index contributed by atoms with van der Waals surface area (Å²) in [6.07, 6.45) is 4.22. The van der Waals surface area contributed by atoms with Crippen molar-refractivity contribution in [3.05, 3.63) is 82.8 Å². The second kappa shape index (κ2) is 15.0. The Labute approximate surface area is 328 Å². The number of ether oxygens (including phenoxy) is 1. The first-order valence-electron chi connectivity index (χ1n) is 18.7. The molecule has 2 N–H and O–H groups in total. The largest absolute Gasteiger partial charge is 0.453 e. The summed E-state index contributed by atoms with van der Waals surface area (Å²) in [7, 11) is 3.78. The number of hydrogen-bond donors (Lipinski definition) is 2. The number of aryl methyl sites for hydroxylation is 2. The Hall–Kier alpha value is -5.80. The normalized spacial score (nSPS) is 20.7. The van der Waals surface area contributed by atoms with E-state index >= 15 is 0 Å². The minimum absolute atomic E-state index is 0.00954. The van der Waals surface area contributed by atoms with Gasteiger partial charge in [0.1, 0.15) is 28.2 Å². The number of carbonyl (C=O) groups is 4. The number of benzene rings is 2. The number of piperazine rings is 2. The maximum Gasteiger partial charge on any atom is 0.253 e. The molecule has 290 valence electrons. The number of nitrogens with one attached hydrogen (secondary N) is 2. The monoisotopic (exact) mass is 778 g/mol. The number of hydrogen-bond acceptors (Lipinski definition) is 10. The predicted octanol–water partition coefficient (Wildman–Crippen LogP) is 4.13. The SMILES string of the molecule is Cc1nn(C)cc1-c1nc2ncc(Cl)c(Oc3ccc(C(=O)N4CCN(C)C(C(=O)N5CCN(c6ccc([C@@H]7CCC(=O)NC7=O)cc6)C[C@H]5C)C4)cc3)c2[nH]1. The van der Waals surface area contributed by atoms with E-state index in [4.69, 9.17) is 16.3 Å². The molecule has 56 heavy (non-hydrogen) atoms. The summed E-state index contributed by atoms with van der Waals surface area (Å²) in [5.41, 5.74) is 5.04. The third-order valence-electron chi connectivity index (χ3n) is 11.0. The number of aromatic amines is 1. The standard InChI is InChI=1S/C40H43ClN10O5/c1-23-20-49(27-9-5-25(6-10-27)29-13-14-33(52)43-38(29)53)17-18-51(23)40(55)32-22-50(16-15-47(32)3)39(54)26-7-11-28(12-8-26)56-35-31(41)19-42-37-34(35)44-36(45-37)30-21-48(4)46-24(30)2/h5-12,19,21,23,29,32H,13-18,20,22H2,1-4H3,(H,42,44,45)(H,43,52,53)/t23-,29+,32?/m1/s1. The van der Waals surface area contributed by atoms with Crippen LogP contribution in [0.25, 0.3) is 22.6 Å². The lowest BCUT2D eigenvalue weighted by Crippen LogP contribution is -2.63. The fourth-order valence-electron chi connectivity index (χ4n) is 7.90. The first-order chi connectivity index (χ1) is 26.9. The lowest BCUT2D eigenvalue weighted by atomic mass is 9.90. The van der Waals surface area contributed by atoms with Crippen LogP contribution in [0.1, 0.15) is 47.3 Å². The number of likely N-dealkylation sites (N-methyl/N-ethyl adjacent to an activating group) is 1. The van der Waals surface area contributed by atoms with Gasteiger partial charge in [-0.2, -0.15) is 5.10 Å². The lowest BCUT2D eigenvalue weighted by Gasteiger charge is -2.45. The summed E-state index contributed by atoms with van der Waals surface area (Å²) >= 11 is 6.55. The average molecular weight is 779 g/mol. The third kappa shape index (κ3) is 7.19. The fraction of sp³-hybridized carbons (Fsp3) is 0.375. The van der Waals surface area contributed by atoms with Gasteiger partial charge in [0, 0.05) is 76.2 Å². The number of aromatic nitrogens is 5. The highest BCUT2D eigenvalue weighted by Crippen LogP contribution is 2.36. The van der Waals surface area contributed by atoms with Crippen molar-refractivity contribution in [3.63, 3.8) is 0 Å².